The molecule has 5 rings (SSSR count). The minimum absolute atomic E-state index is 0.00997. The molecule has 3 aliphatic heterocycles. The van der Waals surface area contributed by atoms with Gasteiger partial charge in [0.2, 0.25) is 11.8 Å². The Morgan fingerprint density at radius 2 is 2.06 bits per heavy atom. The fourth-order valence-electron chi connectivity index (χ4n) is 4.40. The molecule has 0 bridgehead atoms. The van der Waals surface area contributed by atoms with Gasteiger partial charge in [-0.2, -0.15) is 0 Å². The first-order chi connectivity index (χ1) is 15.1. The van der Waals surface area contributed by atoms with Gasteiger partial charge in [-0.25, -0.2) is 4.98 Å². The number of carbonyl (C=O) groups excluding carboxylic acids is 3. The van der Waals surface area contributed by atoms with Gasteiger partial charge in [0.05, 0.1) is 18.2 Å². The number of rotatable bonds is 4. The van der Waals surface area contributed by atoms with Crippen LogP contribution in [0.1, 0.15) is 29.8 Å². The Bertz CT molecular complexity index is 1000. The molecule has 0 saturated carbocycles. The van der Waals surface area contributed by atoms with Gasteiger partial charge in [-0.15, -0.1) is 0 Å². The van der Waals surface area contributed by atoms with Gasteiger partial charge in [0.1, 0.15) is 6.10 Å². The minimum Gasteiger partial charge on any atom is -0.368 e. The van der Waals surface area contributed by atoms with Gasteiger partial charge in [0, 0.05) is 43.1 Å². The molecule has 0 aliphatic carbocycles. The van der Waals surface area contributed by atoms with E-state index in [1.807, 2.05) is 35.2 Å². The number of benzene rings is 1. The summed E-state index contributed by atoms with van der Waals surface area (Å²) in [7, 11) is 0. The molecular formula is C22H24N4O4S. The maximum Gasteiger partial charge on any atom is 0.255 e. The second kappa shape index (κ2) is 8.39. The molecule has 2 atom stereocenters. The van der Waals surface area contributed by atoms with E-state index < -0.39 is 6.10 Å². The number of anilines is 2. The molecule has 3 aliphatic rings. The summed E-state index contributed by atoms with van der Waals surface area (Å²) in [5.41, 5.74) is 1.77. The molecule has 0 radical (unpaired) electrons. The van der Waals surface area contributed by atoms with Crippen molar-refractivity contribution in [3.05, 3.63) is 40.9 Å². The number of aromatic nitrogens is 1. The van der Waals surface area contributed by atoms with Crippen LogP contribution in [0.5, 0.6) is 0 Å². The number of nitrogens with one attached hydrogen (secondary N) is 1. The second-order valence-corrected chi connectivity index (χ2v) is 9.21. The Hall–Kier alpha value is -2.78. The van der Waals surface area contributed by atoms with Gasteiger partial charge in [-0.05, 0) is 25.0 Å². The van der Waals surface area contributed by atoms with E-state index in [1.54, 1.807) is 4.90 Å². The smallest absolute Gasteiger partial charge is 0.255 e. The van der Waals surface area contributed by atoms with Crippen molar-refractivity contribution < 1.29 is 19.1 Å². The Morgan fingerprint density at radius 3 is 2.84 bits per heavy atom. The maximum absolute atomic E-state index is 13.1. The summed E-state index contributed by atoms with van der Waals surface area (Å²) in [6.07, 6.45) is 2.12. The number of amides is 3. The van der Waals surface area contributed by atoms with Crippen LogP contribution in [0, 0.1) is 5.92 Å². The highest BCUT2D eigenvalue weighted by Gasteiger charge is 2.38. The van der Waals surface area contributed by atoms with Gasteiger partial charge < -0.3 is 14.5 Å². The van der Waals surface area contributed by atoms with Crippen LogP contribution in [-0.4, -0.2) is 53.4 Å². The van der Waals surface area contributed by atoms with Gasteiger partial charge in [0.15, 0.2) is 5.13 Å². The van der Waals surface area contributed by atoms with Gasteiger partial charge in [-0.1, -0.05) is 29.5 Å². The van der Waals surface area contributed by atoms with Gasteiger partial charge in [-0.3, -0.25) is 19.7 Å². The third kappa shape index (κ3) is 4.07. The maximum atomic E-state index is 13.1. The zero-order valence-electron chi connectivity index (χ0n) is 17.1. The zero-order valence-corrected chi connectivity index (χ0v) is 17.9. The molecule has 2 aromatic rings. The standard InChI is InChI=1S/C22H24N4O4S/c27-19-11-14(12-26(19)15-5-2-1-3-6-15)21(29)25-9-8-16-18(13-25)31-22(23-16)24-20(28)17-7-4-10-30-17/h1-3,5-6,14,17H,4,7-13H2,(H,23,24,28). The molecule has 0 spiro atoms. The molecular weight excluding hydrogens is 416 g/mol. The normalized spacial score (nSPS) is 23.2. The molecule has 162 valence electrons. The van der Waals surface area contributed by atoms with Crippen LogP contribution in [0.2, 0.25) is 0 Å². The molecule has 1 aromatic heterocycles. The SMILES string of the molecule is O=C(Nc1nc2c(s1)CN(C(=O)C1CC(=O)N(c3ccccc3)C1)CC2)C1CCCO1. The van der Waals surface area contributed by atoms with Crippen LogP contribution >= 0.6 is 11.3 Å². The lowest BCUT2D eigenvalue weighted by atomic mass is 10.1. The van der Waals surface area contributed by atoms with Crippen LogP contribution in [0.4, 0.5) is 10.8 Å². The lowest BCUT2D eigenvalue weighted by Crippen LogP contribution is -2.40. The average molecular weight is 441 g/mol. The van der Waals surface area contributed by atoms with E-state index in [0.29, 0.717) is 37.8 Å². The third-order valence-electron chi connectivity index (χ3n) is 6.04. The Labute approximate surface area is 184 Å². The predicted octanol–water partition coefficient (Wildman–Crippen LogP) is 2.20. The zero-order chi connectivity index (χ0) is 21.4. The van der Waals surface area contributed by atoms with E-state index in [2.05, 4.69) is 10.3 Å². The number of thiazole rings is 1. The van der Waals surface area contributed by atoms with Crippen molar-refractivity contribution in [3.63, 3.8) is 0 Å². The Balaban J connectivity index is 1.22. The molecule has 4 heterocycles. The van der Waals surface area contributed by atoms with Crippen LogP contribution < -0.4 is 10.2 Å². The van der Waals surface area contributed by atoms with Crippen molar-refractivity contribution in [2.75, 3.05) is 29.9 Å². The highest BCUT2D eigenvalue weighted by Crippen LogP contribution is 2.31. The van der Waals surface area contributed by atoms with Crippen molar-refractivity contribution >= 4 is 39.9 Å². The number of hydrogen-bond acceptors (Lipinski definition) is 6. The number of hydrogen-bond donors (Lipinski definition) is 1. The van der Waals surface area contributed by atoms with Crippen molar-refractivity contribution in [1.82, 2.24) is 9.88 Å². The average Bonchev–Trinajstić information content (AvgIpc) is 3.52. The molecule has 2 fully saturated rings. The lowest BCUT2D eigenvalue weighted by Gasteiger charge is -2.28. The van der Waals surface area contributed by atoms with Crippen molar-refractivity contribution in [1.29, 1.82) is 0 Å². The molecule has 1 aromatic carbocycles. The number of carbonyl (C=O) groups is 3. The van der Waals surface area contributed by atoms with E-state index >= 15 is 0 Å². The summed E-state index contributed by atoms with van der Waals surface area (Å²) in [5.74, 6) is -0.488. The van der Waals surface area contributed by atoms with Crippen LogP contribution in [-0.2, 0) is 32.1 Å². The molecule has 1 N–H and O–H groups in total. The highest BCUT2D eigenvalue weighted by molar-refractivity contribution is 7.15. The number of fused-ring (bicyclic) bond motifs is 1. The van der Waals surface area contributed by atoms with Gasteiger partial charge >= 0.3 is 0 Å². The molecule has 2 unspecified atom stereocenters. The van der Waals surface area contributed by atoms with Crippen LogP contribution in [0.25, 0.3) is 0 Å². The summed E-state index contributed by atoms with van der Waals surface area (Å²) in [5, 5.41) is 3.42. The lowest BCUT2D eigenvalue weighted by molar-refractivity contribution is -0.136. The molecule has 3 amide bonds. The number of ether oxygens (including phenoxy) is 1. The fraction of sp³-hybridized carbons (Fsp3) is 0.455. The van der Waals surface area contributed by atoms with Crippen molar-refractivity contribution in [2.45, 2.75) is 38.3 Å². The summed E-state index contributed by atoms with van der Waals surface area (Å²) >= 11 is 1.41. The first kappa shape index (κ1) is 20.1. The third-order valence-corrected chi connectivity index (χ3v) is 7.04. The number of nitrogens with zero attached hydrogens (tertiary/aromatic N) is 3. The second-order valence-electron chi connectivity index (χ2n) is 8.13. The van der Waals surface area contributed by atoms with E-state index in [-0.39, 0.29) is 30.1 Å². The molecule has 31 heavy (non-hydrogen) atoms. The van der Waals surface area contributed by atoms with Crippen molar-refractivity contribution in [2.24, 2.45) is 5.92 Å². The fourth-order valence-corrected chi connectivity index (χ4v) is 5.42. The Morgan fingerprint density at radius 1 is 1.23 bits per heavy atom. The quantitative estimate of drug-likeness (QED) is 0.787. The van der Waals surface area contributed by atoms with E-state index in [4.69, 9.17) is 4.74 Å². The molecule has 9 heteroatoms. The van der Waals surface area contributed by atoms with E-state index in [1.165, 1.54) is 11.3 Å². The summed E-state index contributed by atoms with van der Waals surface area (Å²) in [6, 6.07) is 9.47. The van der Waals surface area contributed by atoms with Gasteiger partial charge in [0.25, 0.3) is 5.91 Å². The monoisotopic (exact) mass is 440 g/mol. The molecule has 2 saturated heterocycles. The summed E-state index contributed by atoms with van der Waals surface area (Å²) in [4.78, 5) is 47.0. The highest BCUT2D eigenvalue weighted by atomic mass is 32.1. The first-order valence-electron chi connectivity index (χ1n) is 10.6. The first-order valence-corrected chi connectivity index (χ1v) is 11.5. The summed E-state index contributed by atoms with van der Waals surface area (Å²) in [6.45, 7) is 2.08. The van der Waals surface area contributed by atoms with Crippen LogP contribution in [0.3, 0.4) is 0 Å². The van der Waals surface area contributed by atoms with E-state index in [9.17, 15) is 14.4 Å². The van der Waals surface area contributed by atoms with E-state index in [0.717, 1.165) is 29.1 Å². The Kier molecular flexibility index (Phi) is 5.45. The summed E-state index contributed by atoms with van der Waals surface area (Å²) < 4.78 is 5.42. The largest absolute Gasteiger partial charge is 0.368 e. The minimum atomic E-state index is -0.397. The predicted molar refractivity (Wildman–Crippen MR) is 116 cm³/mol. The van der Waals surface area contributed by atoms with Crippen LogP contribution in [0.15, 0.2) is 30.3 Å². The number of para-hydroxylation sites is 1. The van der Waals surface area contributed by atoms with Crippen molar-refractivity contribution in [3.8, 4) is 0 Å². The molecule has 8 nitrogen and oxygen atoms in total. The topological polar surface area (TPSA) is 91.8 Å².